The minimum Gasteiger partial charge on any atom is -0.452 e. The molecule has 120 valence electrons. The summed E-state index contributed by atoms with van der Waals surface area (Å²) in [4.78, 5) is 27.8. The molecule has 0 bridgehead atoms. The van der Waals surface area contributed by atoms with E-state index in [0.717, 1.165) is 0 Å². The van der Waals surface area contributed by atoms with Crippen molar-refractivity contribution in [3.8, 4) is 0 Å². The third kappa shape index (κ3) is 4.94. The molecule has 1 aromatic carbocycles. The van der Waals surface area contributed by atoms with E-state index in [-0.39, 0.29) is 11.6 Å². The third-order valence-corrected chi connectivity index (χ3v) is 3.66. The van der Waals surface area contributed by atoms with E-state index in [1.54, 1.807) is 36.4 Å². The number of aromatic nitrogens is 1. The molecule has 0 unspecified atom stereocenters. The number of carbonyl (C=O) groups excluding carboxylic acids is 2. The van der Waals surface area contributed by atoms with Crippen molar-refractivity contribution in [1.82, 2.24) is 4.98 Å². The highest BCUT2D eigenvalue weighted by atomic mass is 35.5. The fourth-order valence-corrected chi connectivity index (χ4v) is 2.17. The molecule has 0 radical (unpaired) electrons. The van der Waals surface area contributed by atoms with Crippen LogP contribution in [0.1, 0.15) is 12.5 Å². The van der Waals surface area contributed by atoms with Gasteiger partial charge in [0.1, 0.15) is 0 Å². The lowest BCUT2D eigenvalue weighted by Crippen LogP contribution is -2.30. The Morgan fingerprint density at radius 1 is 1.22 bits per heavy atom. The molecule has 7 heteroatoms. The first kappa shape index (κ1) is 17.2. The maximum absolute atomic E-state index is 12.0. The molecule has 1 aromatic heterocycles. The molecule has 1 atom stereocenters. The van der Waals surface area contributed by atoms with Crippen LogP contribution in [0.3, 0.4) is 0 Å². The first-order valence-electron chi connectivity index (χ1n) is 6.81. The van der Waals surface area contributed by atoms with Gasteiger partial charge in [-0.15, -0.1) is 0 Å². The molecule has 0 saturated heterocycles. The topological polar surface area (TPSA) is 68.3 Å². The Hall–Kier alpha value is -2.11. The Morgan fingerprint density at radius 3 is 2.65 bits per heavy atom. The van der Waals surface area contributed by atoms with Crippen molar-refractivity contribution >= 4 is 40.8 Å². The molecule has 0 spiro atoms. The zero-order valence-electron chi connectivity index (χ0n) is 12.3. The predicted molar refractivity (Wildman–Crippen MR) is 88.6 cm³/mol. The van der Waals surface area contributed by atoms with Crippen LogP contribution < -0.4 is 5.32 Å². The van der Waals surface area contributed by atoms with Gasteiger partial charge in [-0.25, -0.2) is 4.98 Å². The number of hydrogen-bond acceptors (Lipinski definition) is 4. The van der Waals surface area contributed by atoms with Crippen molar-refractivity contribution in [2.45, 2.75) is 19.4 Å². The molecule has 2 aromatic rings. The highest BCUT2D eigenvalue weighted by Crippen LogP contribution is 2.18. The number of nitrogens with zero attached hydrogens (tertiary/aromatic N) is 1. The van der Waals surface area contributed by atoms with Gasteiger partial charge in [0.05, 0.1) is 12.1 Å². The number of rotatable bonds is 5. The minimum absolute atomic E-state index is 0.00899. The molecular formula is C16H14Cl2N2O3. The summed E-state index contributed by atoms with van der Waals surface area (Å²) in [6.45, 7) is 1.48. The summed E-state index contributed by atoms with van der Waals surface area (Å²) in [5, 5.41) is 3.19. The molecule has 0 saturated carbocycles. The normalized spacial score (nSPS) is 11.6. The number of anilines is 1. The van der Waals surface area contributed by atoms with Crippen molar-refractivity contribution in [2.75, 3.05) is 5.32 Å². The molecule has 1 N–H and O–H groups in total. The number of esters is 1. The summed E-state index contributed by atoms with van der Waals surface area (Å²) >= 11 is 11.8. The molecular weight excluding hydrogens is 339 g/mol. The number of pyridine rings is 1. The van der Waals surface area contributed by atoms with Crippen LogP contribution in [0.2, 0.25) is 10.2 Å². The van der Waals surface area contributed by atoms with Gasteiger partial charge in [-0.05, 0) is 30.7 Å². The van der Waals surface area contributed by atoms with E-state index in [1.165, 1.54) is 13.1 Å². The van der Waals surface area contributed by atoms with E-state index in [0.29, 0.717) is 16.3 Å². The summed E-state index contributed by atoms with van der Waals surface area (Å²) in [7, 11) is 0. The Balaban J connectivity index is 1.92. The van der Waals surface area contributed by atoms with Crippen molar-refractivity contribution in [1.29, 1.82) is 0 Å². The fraction of sp³-hybridized carbons (Fsp3) is 0.188. The maximum atomic E-state index is 12.0. The third-order valence-electron chi connectivity index (χ3n) is 2.99. The summed E-state index contributed by atoms with van der Waals surface area (Å²) in [5.41, 5.74) is 0.996. The molecule has 0 aliphatic rings. The van der Waals surface area contributed by atoms with Crippen LogP contribution in [0.4, 0.5) is 5.69 Å². The molecule has 2 rings (SSSR count). The van der Waals surface area contributed by atoms with Crippen molar-refractivity contribution in [3.63, 3.8) is 0 Å². The second-order valence-corrected chi connectivity index (χ2v) is 5.50. The number of ether oxygens (including phenoxy) is 1. The Kier molecular flexibility index (Phi) is 5.96. The second-order valence-electron chi connectivity index (χ2n) is 4.73. The van der Waals surface area contributed by atoms with Gasteiger partial charge in [0.15, 0.2) is 11.3 Å². The van der Waals surface area contributed by atoms with Crippen molar-refractivity contribution in [2.24, 2.45) is 0 Å². The zero-order chi connectivity index (χ0) is 16.8. The molecule has 23 heavy (non-hydrogen) atoms. The molecule has 0 aliphatic heterocycles. The minimum atomic E-state index is -0.971. The first-order chi connectivity index (χ1) is 11.0. The number of halogens is 2. The zero-order valence-corrected chi connectivity index (χ0v) is 13.8. The highest BCUT2D eigenvalue weighted by molar-refractivity contribution is 6.32. The molecule has 5 nitrogen and oxygen atoms in total. The molecule has 1 amide bonds. The van der Waals surface area contributed by atoms with Gasteiger partial charge in [0.25, 0.3) is 5.91 Å². The monoisotopic (exact) mass is 352 g/mol. The number of amides is 1. The van der Waals surface area contributed by atoms with E-state index in [2.05, 4.69) is 10.3 Å². The van der Waals surface area contributed by atoms with Crippen LogP contribution in [0.25, 0.3) is 0 Å². The van der Waals surface area contributed by atoms with Crippen LogP contribution in [-0.4, -0.2) is 23.0 Å². The van der Waals surface area contributed by atoms with Crippen LogP contribution in [0, 0.1) is 0 Å². The van der Waals surface area contributed by atoms with Crippen LogP contribution >= 0.6 is 23.2 Å². The lowest BCUT2D eigenvalue weighted by Gasteiger charge is -2.14. The summed E-state index contributed by atoms with van der Waals surface area (Å²) in [6, 6.07) is 10.2. The van der Waals surface area contributed by atoms with Gasteiger partial charge in [-0.1, -0.05) is 41.4 Å². The van der Waals surface area contributed by atoms with Gasteiger partial charge in [0, 0.05) is 11.2 Å². The van der Waals surface area contributed by atoms with Crippen LogP contribution in [-0.2, 0) is 20.7 Å². The Bertz CT molecular complexity index is 722. The van der Waals surface area contributed by atoms with Gasteiger partial charge in [-0.3, -0.25) is 9.59 Å². The van der Waals surface area contributed by atoms with Crippen molar-refractivity contribution < 1.29 is 14.3 Å². The lowest BCUT2D eigenvalue weighted by atomic mass is 10.1. The van der Waals surface area contributed by atoms with E-state index in [9.17, 15) is 9.59 Å². The highest BCUT2D eigenvalue weighted by Gasteiger charge is 2.19. The van der Waals surface area contributed by atoms with Crippen LogP contribution in [0.15, 0.2) is 42.6 Å². The maximum Gasteiger partial charge on any atom is 0.311 e. The van der Waals surface area contributed by atoms with Gasteiger partial charge < -0.3 is 10.1 Å². The number of benzene rings is 1. The largest absolute Gasteiger partial charge is 0.452 e. The number of nitrogens with one attached hydrogen (secondary N) is 1. The van der Waals surface area contributed by atoms with E-state index in [4.69, 9.17) is 27.9 Å². The Morgan fingerprint density at radius 2 is 1.96 bits per heavy atom. The van der Waals surface area contributed by atoms with E-state index >= 15 is 0 Å². The van der Waals surface area contributed by atoms with E-state index in [1.807, 2.05) is 0 Å². The number of carbonyl (C=O) groups is 2. The van der Waals surface area contributed by atoms with Crippen LogP contribution in [0.5, 0.6) is 0 Å². The standard InChI is InChI=1S/C16H14Cl2N2O3/c1-10(16(22)20-13-7-4-8-19-15(13)18)23-14(21)9-11-5-2-3-6-12(11)17/h2-8,10H,9H2,1H3,(H,20,22)/t10-/m1/s1. The lowest BCUT2D eigenvalue weighted by molar-refractivity contribution is -0.152. The predicted octanol–water partition coefficient (Wildman–Crippen LogP) is 3.50. The number of hydrogen-bond donors (Lipinski definition) is 1. The summed E-state index contributed by atoms with van der Waals surface area (Å²) < 4.78 is 5.11. The quantitative estimate of drug-likeness (QED) is 0.660. The second kappa shape index (κ2) is 7.94. The molecule has 1 heterocycles. The van der Waals surface area contributed by atoms with Gasteiger partial charge >= 0.3 is 5.97 Å². The summed E-state index contributed by atoms with van der Waals surface area (Å²) in [5.74, 6) is -1.04. The van der Waals surface area contributed by atoms with Gasteiger partial charge in [0.2, 0.25) is 0 Å². The Labute approximate surface area is 143 Å². The first-order valence-corrected chi connectivity index (χ1v) is 7.57. The SMILES string of the molecule is C[C@@H](OC(=O)Cc1ccccc1Cl)C(=O)Nc1cccnc1Cl. The van der Waals surface area contributed by atoms with Gasteiger partial charge in [-0.2, -0.15) is 0 Å². The average molecular weight is 353 g/mol. The van der Waals surface area contributed by atoms with Crippen molar-refractivity contribution in [3.05, 3.63) is 58.3 Å². The fourth-order valence-electron chi connectivity index (χ4n) is 1.80. The van der Waals surface area contributed by atoms with E-state index < -0.39 is 18.0 Å². The average Bonchev–Trinajstić information content (AvgIpc) is 2.51. The summed E-state index contributed by atoms with van der Waals surface area (Å²) in [6.07, 6.45) is 0.525. The smallest absolute Gasteiger partial charge is 0.311 e. The molecule has 0 aliphatic carbocycles. The molecule has 0 fully saturated rings.